The molecule has 3 heterocycles. The molecule has 2 aromatic carbocycles. The van der Waals surface area contributed by atoms with Crippen LogP contribution in [-0.4, -0.2) is 77.1 Å². The number of hydrogen-bond acceptors (Lipinski definition) is 11. The highest BCUT2D eigenvalue weighted by Gasteiger charge is 2.45. The van der Waals surface area contributed by atoms with E-state index in [1.807, 2.05) is 12.2 Å². The summed E-state index contributed by atoms with van der Waals surface area (Å²) in [5.74, 6) is -1.39. The number of carbonyl (C=O) groups excluding carboxylic acids is 4. The average Bonchev–Trinajstić information content (AvgIpc) is 4.10. The van der Waals surface area contributed by atoms with E-state index >= 15 is 0 Å². The lowest BCUT2D eigenvalue weighted by Gasteiger charge is -2.21. The number of fused-ring (bicyclic) bond motifs is 3. The van der Waals surface area contributed by atoms with Gasteiger partial charge >= 0.3 is 12.3 Å². The molecule has 4 fully saturated rings. The van der Waals surface area contributed by atoms with Gasteiger partial charge in [0.25, 0.3) is 5.88 Å². The Morgan fingerprint density at radius 3 is 2.30 bits per heavy atom. The SMILES string of the molecule is NC(=O)OC1CCCC1.NC(=O)[C@@H]1C[C@@H](Oc2nc(-c3ccc(C(F)(F)F)cc3)nc3c2oc2ccccc23)CN1C(=O)CCCCCC/C=C\[C@@H]1C[C@@H]1C(=O)NS(=O)(=O)C1CC1. The van der Waals surface area contributed by atoms with Gasteiger partial charge in [0.05, 0.1) is 17.4 Å². The van der Waals surface area contributed by atoms with E-state index in [4.69, 9.17) is 25.4 Å². The minimum atomic E-state index is -4.51. The van der Waals surface area contributed by atoms with Gasteiger partial charge in [-0.1, -0.05) is 49.3 Å². The van der Waals surface area contributed by atoms with Crippen LogP contribution in [0.15, 0.2) is 65.1 Å². The summed E-state index contributed by atoms with van der Waals surface area (Å²) in [6.07, 6.45) is 8.75. The molecule has 3 saturated carbocycles. The van der Waals surface area contributed by atoms with Crippen molar-refractivity contribution < 1.29 is 54.7 Å². The summed E-state index contributed by atoms with van der Waals surface area (Å²) in [6.45, 7) is 0.0747. The molecule has 3 aliphatic carbocycles. The fourth-order valence-electron chi connectivity index (χ4n) is 8.05. The van der Waals surface area contributed by atoms with Gasteiger partial charge in [0, 0.05) is 29.7 Å². The van der Waals surface area contributed by atoms with Crippen LogP contribution in [-0.2, 0) is 35.3 Å². The first-order chi connectivity index (χ1) is 30.1. The summed E-state index contributed by atoms with van der Waals surface area (Å²) >= 11 is 0. The second-order valence-electron chi connectivity index (χ2n) is 16.6. The molecule has 4 aliphatic rings. The highest BCUT2D eigenvalue weighted by atomic mass is 32.2. The van der Waals surface area contributed by atoms with Crippen molar-refractivity contribution in [3.05, 3.63) is 66.2 Å². The Morgan fingerprint density at radius 1 is 0.905 bits per heavy atom. The monoisotopic (exact) mass is 896 g/mol. The molecule has 0 radical (unpaired) electrons. The number of carbonyl (C=O) groups is 4. The number of nitrogens with zero attached hydrogens (tertiary/aromatic N) is 3. The van der Waals surface area contributed by atoms with Crippen LogP contribution >= 0.6 is 0 Å². The van der Waals surface area contributed by atoms with Crippen molar-refractivity contribution in [3.8, 4) is 17.3 Å². The summed E-state index contributed by atoms with van der Waals surface area (Å²) in [5.41, 5.74) is 11.2. The van der Waals surface area contributed by atoms with Crippen LogP contribution in [0, 0.1) is 11.8 Å². The summed E-state index contributed by atoms with van der Waals surface area (Å²) < 4.78 is 83.0. The predicted octanol–water partition coefficient (Wildman–Crippen LogP) is 7.06. The van der Waals surface area contributed by atoms with E-state index in [1.54, 1.807) is 24.3 Å². The molecule has 4 amide bonds. The standard InChI is InChI=1S/C38H40F3N5O7S.C6H11NO2/c39-38(40,41)24-15-13-22(14-16-24)35-43-32-27-10-7-8-11-30(27)53-33(32)37(44-35)52-25-20-29(34(42)48)46(21-25)31(47)12-6-4-2-1-3-5-9-23-19-28(23)36(49)45-54(50,51)26-17-18-26;7-6(8)9-5-3-1-2-4-5/h5,7-11,13-16,23,25-26,28-29H,1-4,6,12,17-21H2,(H2,42,48)(H,45,49);5H,1-4H2,(H2,7,8)/b9-5-;/t23-,25-,28+,29+;/m1./s1. The summed E-state index contributed by atoms with van der Waals surface area (Å²) in [4.78, 5) is 58.7. The van der Waals surface area contributed by atoms with Crippen LogP contribution in [0.4, 0.5) is 18.0 Å². The molecule has 0 spiro atoms. The Kier molecular flexibility index (Phi) is 13.9. The van der Waals surface area contributed by atoms with Crippen LogP contribution in [0.25, 0.3) is 33.5 Å². The molecule has 19 heteroatoms. The molecule has 4 aromatic rings. The van der Waals surface area contributed by atoms with Crippen molar-refractivity contribution in [2.24, 2.45) is 23.3 Å². The van der Waals surface area contributed by atoms with Crippen molar-refractivity contribution >= 4 is 55.9 Å². The molecule has 0 unspecified atom stereocenters. The topological polar surface area (TPSA) is 227 Å². The third kappa shape index (κ3) is 11.7. The molecule has 2 aromatic heterocycles. The second-order valence-corrected chi connectivity index (χ2v) is 18.5. The number of rotatable bonds is 16. The lowest BCUT2D eigenvalue weighted by Crippen LogP contribution is -2.43. The lowest BCUT2D eigenvalue weighted by molar-refractivity contribution is -0.137. The number of para-hydroxylation sites is 1. The number of aromatic nitrogens is 2. The predicted molar refractivity (Wildman–Crippen MR) is 225 cm³/mol. The van der Waals surface area contributed by atoms with Crippen LogP contribution in [0.3, 0.4) is 0 Å². The fourth-order valence-corrected chi connectivity index (χ4v) is 9.41. The first kappa shape index (κ1) is 45.3. The van der Waals surface area contributed by atoms with Crippen molar-refractivity contribution in [1.82, 2.24) is 19.6 Å². The van der Waals surface area contributed by atoms with Crippen molar-refractivity contribution in [2.45, 2.75) is 120 Å². The third-order valence-electron chi connectivity index (χ3n) is 11.7. The van der Waals surface area contributed by atoms with E-state index in [1.165, 1.54) is 17.0 Å². The maximum Gasteiger partial charge on any atom is 0.416 e. The molecule has 5 N–H and O–H groups in total. The van der Waals surface area contributed by atoms with Gasteiger partial charge in [-0.15, -0.1) is 0 Å². The number of hydrogen-bond donors (Lipinski definition) is 3. The van der Waals surface area contributed by atoms with E-state index in [0.29, 0.717) is 47.7 Å². The van der Waals surface area contributed by atoms with Gasteiger partial charge < -0.3 is 30.3 Å². The zero-order chi connectivity index (χ0) is 44.9. The number of unbranched alkanes of at least 4 members (excludes halogenated alkanes) is 4. The number of nitrogens with two attached hydrogens (primary N) is 2. The molecule has 0 bridgehead atoms. The number of primary amides is 2. The summed E-state index contributed by atoms with van der Waals surface area (Å²) in [6, 6.07) is 10.7. The zero-order valence-electron chi connectivity index (χ0n) is 34.6. The van der Waals surface area contributed by atoms with Gasteiger partial charge in [0.1, 0.15) is 29.3 Å². The number of ether oxygens (including phenoxy) is 2. The van der Waals surface area contributed by atoms with E-state index in [-0.39, 0.29) is 60.5 Å². The molecule has 8 rings (SSSR count). The number of nitrogens with one attached hydrogen (secondary N) is 1. The van der Waals surface area contributed by atoms with Gasteiger partial charge in [-0.05, 0) is 94.4 Å². The molecular formula is C44H51F3N6O9S. The molecule has 15 nitrogen and oxygen atoms in total. The molecule has 63 heavy (non-hydrogen) atoms. The van der Waals surface area contributed by atoms with Gasteiger partial charge in [-0.2, -0.15) is 18.2 Å². The van der Waals surface area contributed by atoms with E-state index in [0.717, 1.165) is 63.5 Å². The summed E-state index contributed by atoms with van der Waals surface area (Å²) in [5, 5.41) is 0.227. The number of alkyl halides is 3. The first-order valence-corrected chi connectivity index (χ1v) is 22.9. The van der Waals surface area contributed by atoms with Gasteiger partial charge in [-0.3, -0.25) is 19.1 Å². The van der Waals surface area contributed by atoms with Crippen LogP contribution in [0.1, 0.15) is 95.5 Å². The van der Waals surface area contributed by atoms with E-state index in [2.05, 4.69) is 14.7 Å². The van der Waals surface area contributed by atoms with E-state index < -0.39 is 57.1 Å². The van der Waals surface area contributed by atoms with Crippen molar-refractivity contribution in [1.29, 1.82) is 0 Å². The molecular weight excluding hydrogens is 846 g/mol. The Bertz CT molecular complexity index is 2450. The third-order valence-corrected chi connectivity index (χ3v) is 13.5. The molecule has 4 atom stereocenters. The Morgan fingerprint density at radius 2 is 1.62 bits per heavy atom. The largest absolute Gasteiger partial charge is 0.470 e. The number of amides is 4. The van der Waals surface area contributed by atoms with Gasteiger partial charge in [0.15, 0.2) is 5.82 Å². The maximum absolute atomic E-state index is 13.3. The lowest BCUT2D eigenvalue weighted by atomic mass is 10.1. The van der Waals surface area contributed by atoms with Crippen LogP contribution in [0.2, 0.25) is 0 Å². The molecule has 338 valence electrons. The molecule has 1 saturated heterocycles. The number of allylic oxidation sites excluding steroid dienone is 2. The second kappa shape index (κ2) is 19.3. The normalized spacial score (nSPS) is 21.3. The summed E-state index contributed by atoms with van der Waals surface area (Å²) in [7, 11) is -3.53. The van der Waals surface area contributed by atoms with Crippen molar-refractivity contribution in [3.63, 3.8) is 0 Å². The van der Waals surface area contributed by atoms with Gasteiger partial charge in [0.2, 0.25) is 33.3 Å². The zero-order valence-corrected chi connectivity index (χ0v) is 35.4. The van der Waals surface area contributed by atoms with Crippen LogP contribution < -0.4 is 20.9 Å². The quantitative estimate of drug-likeness (QED) is 0.0762. The first-order valence-electron chi connectivity index (χ1n) is 21.4. The Balaban J connectivity index is 0.000000589. The Hall–Kier alpha value is -5.72. The van der Waals surface area contributed by atoms with E-state index in [9.17, 15) is 40.8 Å². The number of likely N-dealkylation sites (tertiary alicyclic amines) is 1. The smallest absolute Gasteiger partial charge is 0.416 e. The van der Waals surface area contributed by atoms with Crippen molar-refractivity contribution in [2.75, 3.05) is 6.54 Å². The van der Waals surface area contributed by atoms with Crippen LogP contribution in [0.5, 0.6) is 5.88 Å². The maximum atomic E-state index is 13.3. The fraction of sp³-hybridized carbons (Fsp3) is 0.500. The number of furan rings is 1. The minimum Gasteiger partial charge on any atom is -0.470 e. The minimum absolute atomic E-state index is 0.0321. The number of halogens is 3. The average molecular weight is 897 g/mol. The van der Waals surface area contributed by atoms with Gasteiger partial charge in [-0.25, -0.2) is 18.2 Å². The number of sulfonamides is 1. The number of benzene rings is 2. The Labute approximate surface area is 362 Å². The highest BCUT2D eigenvalue weighted by molar-refractivity contribution is 7.90. The molecule has 1 aliphatic heterocycles. The highest BCUT2D eigenvalue weighted by Crippen LogP contribution is 2.41.